The lowest BCUT2D eigenvalue weighted by Gasteiger charge is -2.29. The topological polar surface area (TPSA) is 142 Å². The quantitative estimate of drug-likeness (QED) is 0.299. The monoisotopic (exact) mass is 450 g/mol. The van der Waals surface area contributed by atoms with E-state index >= 15 is 0 Å². The number of carbonyl (C=O) groups excluding carboxylic acids is 2. The minimum atomic E-state index is -4.07. The second-order valence-corrected chi connectivity index (χ2v) is 8.59. The molecule has 11 heteroatoms. The highest BCUT2D eigenvalue weighted by Crippen LogP contribution is 2.34. The highest BCUT2D eigenvalue weighted by molar-refractivity contribution is 7.91. The minimum absolute atomic E-state index is 0.0121. The van der Waals surface area contributed by atoms with Crippen LogP contribution in [0.5, 0.6) is 11.5 Å². The Hall–Kier alpha value is -3.60. The zero-order valence-electron chi connectivity index (χ0n) is 16.3. The number of rotatable bonds is 6. The predicted octanol–water partition coefficient (Wildman–Crippen LogP) is 1.88. The Bertz CT molecular complexity index is 1160. The second kappa shape index (κ2) is 8.64. The maximum atomic E-state index is 13.2. The molecule has 9 nitrogen and oxygen atoms in total. The summed E-state index contributed by atoms with van der Waals surface area (Å²) in [6.45, 7) is 1.55. The molecule has 0 radical (unpaired) electrons. The summed E-state index contributed by atoms with van der Waals surface area (Å²) in [5.74, 6) is -3.16. The van der Waals surface area contributed by atoms with Crippen molar-refractivity contribution >= 4 is 21.8 Å². The molecule has 0 unspecified atom stereocenters. The van der Waals surface area contributed by atoms with E-state index in [1.54, 1.807) is 6.92 Å². The van der Waals surface area contributed by atoms with Gasteiger partial charge in [-0.25, -0.2) is 22.4 Å². The number of phenolic OH excluding ortho intramolecular Hbond substituents is 2. The number of urea groups is 1. The zero-order valence-corrected chi connectivity index (χ0v) is 17.1. The lowest BCUT2D eigenvalue weighted by atomic mass is 9.95. The third-order valence-electron chi connectivity index (χ3n) is 4.49. The van der Waals surface area contributed by atoms with Gasteiger partial charge in [-0.3, -0.25) is 0 Å². The van der Waals surface area contributed by atoms with Gasteiger partial charge in [0.1, 0.15) is 5.82 Å². The fourth-order valence-corrected chi connectivity index (χ4v) is 4.39. The first-order valence-corrected chi connectivity index (χ1v) is 10.8. The van der Waals surface area contributed by atoms with Crippen LogP contribution in [-0.2, 0) is 19.4 Å². The Morgan fingerprint density at radius 3 is 2.42 bits per heavy atom. The number of ether oxygens (including phenoxy) is 1. The largest absolute Gasteiger partial charge is 0.504 e. The number of carbonyl (C=O) groups is 2. The van der Waals surface area contributed by atoms with Gasteiger partial charge < -0.3 is 25.6 Å². The Morgan fingerprint density at radius 1 is 1.13 bits per heavy atom. The van der Waals surface area contributed by atoms with E-state index in [1.165, 1.54) is 6.07 Å². The molecule has 1 aliphatic heterocycles. The predicted molar refractivity (Wildman–Crippen MR) is 106 cm³/mol. The van der Waals surface area contributed by atoms with Crippen LogP contribution >= 0.6 is 0 Å². The van der Waals surface area contributed by atoms with Crippen LogP contribution in [0.15, 0.2) is 58.6 Å². The van der Waals surface area contributed by atoms with E-state index in [-0.39, 0.29) is 28.3 Å². The van der Waals surface area contributed by atoms with Gasteiger partial charge in [0, 0.05) is 5.70 Å². The zero-order chi connectivity index (χ0) is 22.8. The molecular weight excluding hydrogens is 431 g/mol. The molecule has 31 heavy (non-hydrogen) atoms. The highest BCUT2D eigenvalue weighted by atomic mass is 32.2. The van der Waals surface area contributed by atoms with E-state index in [0.29, 0.717) is 0 Å². The molecule has 2 aromatic carbocycles. The van der Waals surface area contributed by atoms with Crippen molar-refractivity contribution in [2.75, 3.05) is 12.4 Å². The van der Waals surface area contributed by atoms with E-state index in [9.17, 15) is 32.6 Å². The summed E-state index contributed by atoms with van der Waals surface area (Å²) in [5, 5.41) is 24.2. The van der Waals surface area contributed by atoms with Crippen molar-refractivity contribution in [3.63, 3.8) is 0 Å². The maximum Gasteiger partial charge on any atom is 0.338 e. The third kappa shape index (κ3) is 4.77. The molecule has 0 fully saturated rings. The fourth-order valence-electron chi connectivity index (χ4n) is 3.07. The average molecular weight is 450 g/mol. The van der Waals surface area contributed by atoms with E-state index < -0.39 is 50.9 Å². The molecule has 4 N–H and O–H groups in total. The van der Waals surface area contributed by atoms with Crippen LogP contribution < -0.4 is 10.6 Å². The first-order chi connectivity index (χ1) is 14.6. The van der Waals surface area contributed by atoms with E-state index in [4.69, 9.17) is 4.74 Å². The van der Waals surface area contributed by atoms with Gasteiger partial charge in [0.15, 0.2) is 21.3 Å². The van der Waals surface area contributed by atoms with Gasteiger partial charge in [-0.2, -0.15) is 0 Å². The standard InChI is InChI=1S/C20H19FN2O7S/c1-2-30-19(26)17-14(10-31(28,29)13-6-4-12(21)5-7-13)22-20(27)23-18(17)11-3-8-15(24)16(25)9-11/h3-9,18,24-25H,2,10H2,1H3,(H2,22,23,27)/t18-/m0/s1. The fraction of sp³-hybridized carbons (Fsp3) is 0.200. The summed E-state index contributed by atoms with van der Waals surface area (Å²) < 4.78 is 43.9. The molecule has 0 saturated carbocycles. The summed E-state index contributed by atoms with van der Waals surface area (Å²) >= 11 is 0. The SMILES string of the molecule is CCOC(=O)C1=C(CS(=O)(=O)c2ccc(F)cc2)NC(=O)N[C@H]1c1ccc(O)c(O)c1. The van der Waals surface area contributed by atoms with Crippen LogP contribution in [0, 0.1) is 5.82 Å². The number of aromatic hydroxyl groups is 2. The number of amides is 2. The number of hydrogen-bond acceptors (Lipinski definition) is 7. The molecule has 3 rings (SSSR count). The minimum Gasteiger partial charge on any atom is -0.504 e. The summed E-state index contributed by atoms with van der Waals surface area (Å²) in [5.41, 5.74) is -0.189. The van der Waals surface area contributed by atoms with Gasteiger partial charge in [-0.05, 0) is 48.9 Å². The molecule has 0 aromatic heterocycles. The molecule has 2 amide bonds. The molecule has 2 aromatic rings. The first kappa shape index (κ1) is 22.1. The Balaban J connectivity index is 2.11. The van der Waals surface area contributed by atoms with Crippen LogP contribution in [0.25, 0.3) is 0 Å². The molecule has 0 spiro atoms. The second-order valence-electron chi connectivity index (χ2n) is 6.61. The summed E-state index contributed by atoms with van der Waals surface area (Å²) in [7, 11) is -4.07. The smallest absolute Gasteiger partial charge is 0.338 e. The molecule has 0 bridgehead atoms. The molecule has 0 saturated heterocycles. The van der Waals surface area contributed by atoms with Crippen molar-refractivity contribution in [1.29, 1.82) is 0 Å². The molecule has 0 aliphatic carbocycles. The van der Waals surface area contributed by atoms with Crippen LogP contribution in [0.2, 0.25) is 0 Å². The van der Waals surface area contributed by atoms with Gasteiger partial charge in [-0.15, -0.1) is 0 Å². The van der Waals surface area contributed by atoms with E-state index in [0.717, 1.165) is 36.4 Å². The number of nitrogens with one attached hydrogen (secondary N) is 2. The van der Waals surface area contributed by atoms with Crippen molar-refractivity contribution in [2.45, 2.75) is 17.9 Å². The molecule has 164 valence electrons. The Morgan fingerprint density at radius 2 is 1.81 bits per heavy atom. The van der Waals surface area contributed by atoms with Gasteiger partial charge in [-0.1, -0.05) is 6.07 Å². The van der Waals surface area contributed by atoms with Crippen molar-refractivity contribution < 1.29 is 37.3 Å². The Labute approximate surface area is 177 Å². The number of sulfone groups is 1. The Kier molecular flexibility index (Phi) is 6.16. The first-order valence-electron chi connectivity index (χ1n) is 9.10. The maximum absolute atomic E-state index is 13.2. The number of halogens is 1. The number of phenols is 2. The van der Waals surface area contributed by atoms with Crippen molar-refractivity contribution in [2.24, 2.45) is 0 Å². The van der Waals surface area contributed by atoms with Gasteiger partial charge >= 0.3 is 12.0 Å². The highest BCUT2D eigenvalue weighted by Gasteiger charge is 2.36. The average Bonchev–Trinajstić information content (AvgIpc) is 2.69. The third-order valence-corrected chi connectivity index (χ3v) is 6.15. The van der Waals surface area contributed by atoms with Crippen molar-refractivity contribution in [3.05, 3.63) is 65.1 Å². The summed E-state index contributed by atoms with van der Waals surface area (Å²) in [6.07, 6.45) is 0. The summed E-state index contributed by atoms with van der Waals surface area (Å²) in [4.78, 5) is 24.7. The summed E-state index contributed by atoms with van der Waals surface area (Å²) in [6, 6.07) is 5.84. The molecule has 1 aliphatic rings. The number of benzene rings is 2. The van der Waals surface area contributed by atoms with Gasteiger partial charge in [0.05, 0.1) is 28.9 Å². The lowest BCUT2D eigenvalue weighted by molar-refractivity contribution is -0.139. The van der Waals surface area contributed by atoms with Crippen LogP contribution in [-0.4, -0.2) is 43.0 Å². The van der Waals surface area contributed by atoms with Crippen molar-refractivity contribution in [1.82, 2.24) is 10.6 Å². The van der Waals surface area contributed by atoms with Crippen molar-refractivity contribution in [3.8, 4) is 11.5 Å². The molecule has 1 heterocycles. The van der Waals surface area contributed by atoms with Gasteiger partial charge in [0.2, 0.25) is 0 Å². The molecular formula is C20H19FN2O7S. The van der Waals surface area contributed by atoms with Crippen LogP contribution in [0.1, 0.15) is 18.5 Å². The van der Waals surface area contributed by atoms with Crippen LogP contribution in [0.3, 0.4) is 0 Å². The lowest BCUT2D eigenvalue weighted by Crippen LogP contribution is -2.47. The normalized spacial score (nSPS) is 16.5. The van der Waals surface area contributed by atoms with Crippen LogP contribution in [0.4, 0.5) is 9.18 Å². The number of esters is 1. The van der Waals surface area contributed by atoms with Gasteiger partial charge in [0.25, 0.3) is 0 Å². The van der Waals surface area contributed by atoms with E-state index in [1.807, 2.05) is 0 Å². The van der Waals surface area contributed by atoms with E-state index in [2.05, 4.69) is 10.6 Å². The molecule has 1 atom stereocenters. The number of hydrogen-bond donors (Lipinski definition) is 4.